The summed E-state index contributed by atoms with van der Waals surface area (Å²) in [6.07, 6.45) is 1.05. The van der Waals surface area contributed by atoms with Crippen molar-refractivity contribution in [2.45, 2.75) is 4.90 Å². The van der Waals surface area contributed by atoms with Gasteiger partial charge >= 0.3 is 0 Å². The predicted octanol–water partition coefficient (Wildman–Crippen LogP) is 3.51. The molecule has 0 fully saturated rings. The van der Waals surface area contributed by atoms with Crippen LogP contribution in [0.5, 0.6) is 0 Å². The Bertz CT molecular complexity index is 732. The minimum atomic E-state index is -3.60. The summed E-state index contributed by atoms with van der Waals surface area (Å²) in [6, 6.07) is 14.2. The van der Waals surface area contributed by atoms with Gasteiger partial charge in [-0.3, -0.25) is 4.79 Å². The lowest BCUT2D eigenvalue weighted by Gasteiger charge is -1.98. The van der Waals surface area contributed by atoms with E-state index >= 15 is 0 Å². The molecule has 0 aliphatic carbocycles. The highest BCUT2D eigenvalue weighted by atomic mass is 35.5. The Hall–Kier alpha value is -1.91. The molecule has 0 saturated heterocycles. The topological polar surface area (TPSA) is 51.2 Å². The van der Waals surface area contributed by atoms with Gasteiger partial charge in [0.15, 0.2) is 15.6 Å². The van der Waals surface area contributed by atoms with Gasteiger partial charge in [0.05, 0.1) is 4.90 Å². The number of halogens is 1. The SMILES string of the molecule is O=C(/C=C/S(=O)(=O)c1ccccc1)c1ccc(Cl)cc1. The molecule has 20 heavy (non-hydrogen) atoms. The Labute approximate surface area is 122 Å². The van der Waals surface area contributed by atoms with Crippen LogP contribution < -0.4 is 0 Å². The molecule has 2 rings (SSSR count). The van der Waals surface area contributed by atoms with Gasteiger partial charge in [0.25, 0.3) is 0 Å². The van der Waals surface area contributed by atoms with Gasteiger partial charge in [0.2, 0.25) is 0 Å². The summed E-state index contributed by atoms with van der Waals surface area (Å²) in [5.41, 5.74) is 0.383. The van der Waals surface area contributed by atoms with Crippen molar-refractivity contribution in [3.05, 3.63) is 76.7 Å². The Kier molecular flexibility index (Phi) is 4.37. The first-order valence-corrected chi connectivity index (χ1v) is 7.69. The zero-order valence-electron chi connectivity index (χ0n) is 10.4. The van der Waals surface area contributed by atoms with Gasteiger partial charge in [-0.2, -0.15) is 0 Å². The molecule has 0 saturated carbocycles. The molecule has 0 aromatic heterocycles. The fourth-order valence-electron chi connectivity index (χ4n) is 1.55. The number of carbonyl (C=O) groups excluding carboxylic acids is 1. The molecule has 0 aliphatic rings. The highest BCUT2D eigenvalue weighted by molar-refractivity contribution is 7.94. The number of carbonyl (C=O) groups is 1. The van der Waals surface area contributed by atoms with Crippen molar-refractivity contribution in [2.24, 2.45) is 0 Å². The maximum atomic E-state index is 12.0. The van der Waals surface area contributed by atoms with E-state index in [1.165, 1.54) is 12.1 Å². The van der Waals surface area contributed by atoms with E-state index in [2.05, 4.69) is 0 Å². The van der Waals surface area contributed by atoms with E-state index in [1.807, 2.05) is 0 Å². The quantitative estimate of drug-likeness (QED) is 0.641. The van der Waals surface area contributed by atoms with Crippen LogP contribution in [0.4, 0.5) is 0 Å². The zero-order valence-corrected chi connectivity index (χ0v) is 11.9. The Balaban J connectivity index is 2.21. The maximum Gasteiger partial charge on any atom is 0.199 e. The van der Waals surface area contributed by atoms with E-state index in [0.717, 1.165) is 11.5 Å². The number of allylic oxidation sites excluding steroid dienone is 1. The third-order valence-electron chi connectivity index (χ3n) is 2.60. The number of rotatable bonds is 4. The highest BCUT2D eigenvalue weighted by Gasteiger charge is 2.10. The maximum absolute atomic E-state index is 12.0. The molecule has 0 N–H and O–H groups in total. The van der Waals surface area contributed by atoms with Crippen LogP contribution in [0.1, 0.15) is 10.4 Å². The molecule has 0 aliphatic heterocycles. The normalized spacial score (nSPS) is 11.7. The number of hydrogen-bond acceptors (Lipinski definition) is 3. The number of hydrogen-bond donors (Lipinski definition) is 0. The first kappa shape index (κ1) is 14.5. The van der Waals surface area contributed by atoms with Crippen molar-refractivity contribution in [1.29, 1.82) is 0 Å². The zero-order chi connectivity index (χ0) is 14.6. The minimum Gasteiger partial charge on any atom is -0.289 e. The van der Waals surface area contributed by atoms with Crippen LogP contribution in [0.3, 0.4) is 0 Å². The molecule has 0 atom stereocenters. The van der Waals surface area contributed by atoms with Gasteiger partial charge in [-0.15, -0.1) is 0 Å². The van der Waals surface area contributed by atoms with E-state index in [0.29, 0.717) is 10.6 Å². The third-order valence-corrected chi connectivity index (χ3v) is 4.27. The molecular formula is C15H11ClO3S. The Morgan fingerprint density at radius 2 is 1.55 bits per heavy atom. The first-order chi connectivity index (χ1) is 9.49. The van der Waals surface area contributed by atoms with Gasteiger partial charge in [-0.05, 0) is 42.5 Å². The van der Waals surface area contributed by atoms with E-state index in [4.69, 9.17) is 11.6 Å². The molecule has 0 amide bonds. The first-order valence-electron chi connectivity index (χ1n) is 5.77. The molecule has 2 aromatic carbocycles. The van der Waals surface area contributed by atoms with Gasteiger partial charge in [0, 0.05) is 16.0 Å². The molecule has 0 radical (unpaired) electrons. The van der Waals surface area contributed by atoms with Crippen molar-refractivity contribution in [1.82, 2.24) is 0 Å². The predicted molar refractivity (Wildman–Crippen MR) is 78.6 cm³/mol. The monoisotopic (exact) mass is 306 g/mol. The Morgan fingerprint density at radius 1 is 0.950 bits per heavy atom. The summed E-state index contributed by atoms with van der Waals surface area (Å²) in [5, 5.41) is 1.43. The summed E-state index contributed by atoms with van der Waals surface area (Å²) in [5.74, 6) is -0.388. The fourth-order valence-corrected chi connectivity index (χ4v) is 2.67. The lowest BCUT2D eigenvalue weighted by atomic mass is 10.1. The van der Waals surface area contributed by atoms with E-state index < -0.39 is 9.84 Å². The smallest absolute Gasteiger partial charge is 0.199 e. The average Bonchev–Trinajstić information content (AvgIpc) is 2.46. The standard InChI is InChI=1S/C15H11ClO3S/c16-13-8-6-12(7-9-13)15(17)10-11-20(18,19)14-4-2-1-3-5-14/h1-11H/b11-10+. The average molecular weight is 307 g/mol. The van der Waals surface area contributed by atoms with Crippen molar-refractivity contribution >= 4 is 27.2 Å². The van der Waals surface area contributed by atoms with Crippen LogP contribution in [0.2, 0.25) is 5.02 Å². The largest absolute Gasteiger partial charge is 0.289 e. The van der Waals surface area contributed by atoms with Gasteiger partial charge < -0.3 is 0 Å². The summed E-state index contributed by atoms with van der Waals surface area (Å²) < 4.78 is 23.9. The van der Waals surface area contributed by atoms with Crippen LogP contribution in [0, 0.1) is 0 Å². The van der Waals surface area contributed by atoms with Crippen LogP contribution in [-0.4, -0.2) is 14.2 Å². The molecule has 3 nitrogen and oxygen atoms in total. The van der Waals surface area contributed by atoms with Crippen molar-refractivity contribution in [3.8, 4) is 0 Å². The van der Waals surface area contributed by atoms with Gasteiger partial charge in [-0.25, -0.2) is 8.42 Å². The second kappa shape index (κ2) is 6.03. The molecule has 0 unspecified atom stereocenters. The van der Waals surface area contributed by atoms with Crippen LogP contribution >= 0.6 is 11.6 Å². The molecule has 102 valence electrons. The lowest BCUT2D eigenvalue weighted by Crippen LogP contribution is -1.99. The summed E-state index contributed by atoms with van der Waals surface area (Å²) in [6.45, 7) is 0. The second-order valence-electron chi connectivity index (χ2n) is 4.03. The molecular weight excluding hydrogens is 296 g/mol. The molecule has 0 bridgehead atoms. The van der Waals surface area contributed by atoms with Crippen molar-refractivity contribution < 1.29 is 13.2 Å². The number of ketones is 1. The fraction of sp³-hybridized carbons (Fsp3) is 0. The van der Waals surface area contributed by atoms with Gasteiger partial charge in [-0.1, -0.05) is 29.8 Å². The lowest BCUT2D eigenvalue weighted by molar-refractivity contribution is 0.104. The van der Waals surface area contributed by atoms with E-state index in [-0.39, 0.29) is 10.7 Å². The molecule has 0 spiro atoms. The van der Waals surface area contributed by atoms with Crippen LogP contribution in [0.25, 0.3) is 0 Å². The summed E-state index contributed by atoms with van der Waals surface area (Å²) in [4.78, 5) is 12.0. The third kappa shape index (κ3) is 3.56. The van der Waals surface area contributed by atoms with Crippen molar-refractivity contribution in [3.63, 3.8) is 0 Å². The minimum absolute atomic E-state index is 0.153. The highest BCUT2D eigenvalue weighted by Crippen LogP contribution is 2.13. The molecule has 5 heteroatoms. The number of sulfone groups is 1. The van der Waals surface area contributed by atoms with Crippen molar-refractivity contribution in [2.75, 3.05) is 0 Å². The summed E-state index contributed by atoms with van der Waals surface area (Å²) in [7, 11) is -3.60. The van der Waals surface area contributed by atoms with E-state index in [1.54, 1.807) is 42.5 Å². The Morgan fingerprint density at radius 3 is 2.15 bits per heavy atom. The number of benzene rings is 2. The molecule has 0 heterocycles. The van der Waals surface area contributed by atoms with Crippen LogP contribution in [0.15, 0.2) is 71.0 Å². The van der Waals surface area contributed by atoms with Crippen LogP contribution in [-0.2, 0) is 9.84 Å². The molecule has 2 aromatic rings. The van der Waals surface area contributed by atoms with E-state index in [9.17, 15) is 13.2 Å². The second-order valence-corrected chi connectivity index (χ2v) is 6.30. The summed E-state index contributed by atoms with van der Waals surface area (Å²) >= 11 is 5.72. The van der Waals surface area contributed by atoms with Gasteiger partial charge in [0.1, 0.15) is 0 Å².